The molecule has 1 amide bonds. The van der Waals surface area contributed by atoms with Gasteiger partial charge in [0, 0.05) is 29.2 Å². The number of anilines is 1. The van der Waals surface area contributed by atoms with Gasteiger partial charge in [0.05, 0.1) is 11.3 Å². The van der Waals surface area contributed by atoms with Crippen LogP contribution in [-0.4, -0.2) is 15.9 Å². The zero-order chi connectivity index (χ0) is 19.6. The fraction of sp³-hybridized carbons (Fsp3) is 0.0556. The Morgan fingerprint density at radius 1 is 1.04 bits per heavy atom. The second-order valence-corrected chi connectivity index (χ2v) is 5.80. The van der Waals surface area contributed by atoms with Crippen molar-refractivity contribution < 1.29 is 22.4 Å². The number of hydrogen-bond donors (Lipinski definition) is 1. The zero-order valence-corrected chi connectivity index (χ0v) is 14.1. The molecule has 3 rings (SSSR count). The summed E-state index contributed by atoms with van der Waals surface area (Å²) in [6, 6.07) is 7.96. The van der Waals surface area contributed by atoms with E-state index in [0.717, 1.165) is 30.5 Å². The molecule has 4 nitrogen and oxygen atoms in total. The fourth-order valence-electron chi connectivity index (χ4n) is 2.38. The first kappa shape index (κ1) is 18.8. The van der Waals surface area contributed by atoms with Crippen LogP contribution in [0.2, 0.25) is 5.15 Å². The van der Waals surface area contributed by atoms with Gasteiger partial charge in [0.1, 0.15) is 11.0 Å². The molecule has 0 spiro atoms. The SMILES string of the molecule is O=C(Nc1ccnc(Cl)c1)c1ccc(-c2ncccc2C(F)(F)F)c(F)c1. The average molecular weight is 396 g/mol. The van der Waals surface area contributed by atoms with E-state index in [1.165, 1.54) is 24.4 Å². The van der Waals surface area contributed by atoms with E-state index in [-0.39, 0.29) is 16.3 Å². The predicted molar refractivity (Wildman–Crippen MR) is 91.8 cm³/mol. The lowest BCUT2D eigenvalue weighted by atomic mass is 10.0. The lowest BCUT2D eigenvalue weighted by Crippen LogP contribution is -2.13. The van der Waals surface area contributed by atoms with Gasteiger partial charge in [0.25, 0.3) is 5.91 Å². The van der Waals surface area contributed by atoms with Crippen molar-refractivity contribution in [1.29, 1.82) is 0 Å². The molecule has 27 heavy (non-hydrogen) atoms. The van der Waals surface area contributed by atoms with Crippen molar-refractivity contribution in [1.82, 2.24) is 9.97 Å². The molecule has 0 atom stereocenters. The van der Waals surface area contributed by atoms with Crippen LogP contribution in [0.1, 0.15) is 15.9 Å². The first-order valence-corrected chi connectivity index (χ1v) is 7.88. The van der Waals surface area contributed by atoms with Crippen LogP contribution in [0.3, 0.4) is 0 Å². The number of pyridine rings is 2. The van der Waals surface area contributed by atoms with E-state index in [4.69, 9.17) is 11.6 Å². The summed E-state index contributed by atoms with van der Waals surface area (Å²) in [7, 11) is 0. The Kier molecular flexibility index (Phi) is 5.09. The van der Waals surface area contributed by atoms with Crippen LogP contribution in [0.15, 0.2) is 54.9 Å². The number of aromatic nitrogens is 2. The maximum absolute atomic E-state index is 14.4. The van der Waals surface area contributed by atoms with Crippen LogP contribution in [0.4, 0.5) is 23.2 Å². The minimum Gasteiger partial charge on any atom is -0.322 e. The number of nitrogens with zero attached hydrogens (tertiary/aromatic N) is 2. The number of hydrogen-bond acceptors (Lipinski definition) is 3. The summed E-state index contributed by atoms with van der Waals surface area (Å²) < 4.78 is 53.8. The standard InChI is InChI=1S/C18H10ClF4N3O/c19-15-9-11(5-7-24-15)26-17(27)10-3-4-12(14(20)8-10)16-13(18(21,22)23)2-1-6-25-16/h1-9H,(H,24,26,27). The monoisotopic (exact) mass is 395 g/mol. The van der Waals surface area contributed by atoms with Crippen molar-refractivity contribution in [2.45, 2.75) is 6.18 Å². The highest BCUT2D eigenvalue weighted by Gasteiger charge is 2.34. The third-order valence-electron chi connectivity index (χ3n) is 3.58. The summed E-state index contributed by atoms with van der Waals surface area (Å²) in [5.74, 6) is -1.65. The van der Waals surface area contributed by atoms with Crippen molar-refractivity contribution in [2.24, 2.45) is 0 Å². The Morgan fingerprint density at radius 3 is 2.48 bits per heavy atom. The quantitative estimate of drug-likeness (QED) is 0.489. The topological polar surface area (TPSA) is 54.9 Å². The van der Waals surface area contributed by atoms with Crippen molar-refractivity contribution in [3.63, 3.8) is 0 Å². The normalized spacial score (nSPS) is 11.3. The Morgan fingerprint density at radius 2 is 1.81 bits per heavy atom. The number of benzene rings is 1. The molecule has 1 aromatic carbocycles. The van der Waals surface area contributed by atoms with E-state index < -0.39 is 29.2 Å². The minimum absolute atomic E-state index is 0.0753. The average Bonchev–Trinajstić information content (AvgIpc) is 2.61. The van der Waals surface area contributed by atoms with Crippen LogP contribution in [0.5, 0.6) is 0 Å². The number of nitrogens with one attached hydrogen (secondary N) is 1. The molecule has 0 fully saturated rings. The van der Waals surface area contributed by atoms with Gasteiger partial charge in [-0.1, -0.05) is 11.6 Å². The Balaban J connectivity index is 1.92. The molecule has 0 bridgehead atoms. The first-order valence-electron chi connectivity index (χ1n) is 7.51. The van der Waals surface area contributed by atoms with Gasteiger partial charge in [0.15, 0.2) is 0 Å². The molecule has 0 saturated carbocycles. The van der Waals surface area contributed by atoms with E-state index in [1.54, 1.807) is 0 Å². The minimum atomic E-state index is -4.69. The van der Waals surface area contributed by atoms with Crippen LogP contribution >= 0.6 is 11.6 Å². The van der Waals surface area contributed by atoms with Gasteiger partial charge in [-0.15, -0.1) is 0 Å². The lowest BCUT2D eigenvalue weighted by Gasteiger charge is -2.13. The molecular weight excluding hydrogens is 386 g/mol. The van der Waals surface area contributed by atoms with Gasteiger partial charge in [-0.05, 0) is 42.5 Å². The Bertz CT molecular complexity index is 1010. The van der Waals surface area contributed by atoms with E-state index in [0.29, 0.717) is 5.69 Å². The van der Waals surface area contributed by atoms with E-state index in [2.05, 4.69) is 15.3 Å². The van der Waals surface area contributed by atoms with Crippen molar-refractivity contribution >= 4 is 23.2 Å². The second kappa shape index (κ2) is 7.32. The van der Waals surface area contributed by atoms with Gasteiger partial charge in [0.2, 0.25) is 0 Å². The molecule has 3 aromatic rings. The molecular formula is C18H10ClF4N3O. The fourth-order valence-corrected chi connectivity index (χ4v) is 2.55. The van der Waals surface area contributed by atoms with E-state index in [9.17, 15) is 22.4 Å². The van der Waals surface area contributed by atoms with E-state index in [1.807, 2.05) is 0 Å². The van der Waals surface area contributed by atoms with Crippen molar-refractivity contribution in [3.8, 4) is 11.3 Å². The highest BCUT2D eigenvalue weighted by molar-refractivity contribution is 6.29. The smallest absolute Gasteiger partial charge is 0.322 e. The number of alkyl halides is 3. The Hall–Kier alpha value is -3.00. The molecule has 0 saturated heterocycles. The molecule has 9 heteroatoms. The number of rotatable bonds is 3. The maximum atomic E-state index is 14.4. The van der Waals surface area contributed by atoms with Gasteiger partial charge >= 0.3 is 6.18 Å². The molecule has 0 aliphatic heterocycles. The van der Waals surface area contributed by atoms with Crippen molar-refractivity contribution in [2.75, 3.05) is 5.32 Å². The molecule has 138 valence electrons. The number of carbonyl (C=O) groups excluding carboxylic acids is 1. The van der Waals surface area contributed by atoms with E-state index >= 15 is 0 Å². The molecule has 2 aromatic heterocycles. The molecule has 0 aliphatic rings. The highest BCUT2D eigenvalue weighted by atomic mass is 35.5. The van der Waals surface area contributed by atoms with Gasteiger partial charge in [-0.25, -0.2) is 9.37 Å². The lowest BCUT2D eigenvalue weighted by molar-refractivity contribution is -0.137. The number of carbonyl (C=O) groups is 1. The molecule has 0 unspecified atom stereocenters. The summed E-state index contributed by atoms with van der Waals surface area (Å²) in [6.45, 7) is 0. The molecule has 1 N–H and O–H groups in total. The summed E-state index contributed by atoms with van der Waals surface area (Å²) in [5, 5.41) is 2.65. The van der Waals surface area contributed by atoms with Crippen molar-refractivity contribution in [3.05, 3.63) is 77.0 Å². The number of halogens is 5. The Labute approximate surface area is 155 Å². The second-order valence-electron chi connectivity index (χ2n) is 5.41. The van der Waals surface area contributed by atoms with Crippen LogP contribution < -0.4 is 5.32 Å². The van der Waals surface area contributed by atoms with Crippen LogP contribution in [0, 0.1) is 5.82 Å². The number of amides is 1. The maximum Gasteiger partial charge on any atom is 0.418 e. The van der Waals surface area contributed by atoms with Gasteiger partial charge in [-0.3, -0.25) is 9.78 Å². The largest absolute Gasteiger partial charge is 0.418 e. The predicted octanol–water partition coefficient (Wildman–Crippen LogP) is 5.21. The zero-order valence-electron chi connectivity index (χ0n) is 13.4. The summed E-state index contributed by atoms with van der Waals surface area (Å²) >= 11 is 5.72. The molecule has 0 radical (unpaired) electrons. The summed E-state index contributed by atoms with van der Waals surface area (Å²) in [6.07, 6.45) is -2.17. The third kappa shape index (κ3) is 4.22. The van der Waals surface area contributed by atoms with Gasteiger partial charge in [-0.2, -0.15) is 13.2 Å². The third-order valence-corrected chi connectivity index (χ3v) is 3.79. The first-order chi connectivity index (χ1) is 12.8. The summed E-state index contributed by atoms with van der Waals surface area (Å²) in [4.78, 5) is 19.6. The van der Waals surface area contributed by atoms with Crippen LogP contribution in [0.25, 0.3) is 11.3 Å². The van der Waals surface area contributed by atoms with Crippen LogP contribution in [-0.2, 0) is 6.18 Å². The highest BCUT2D eigenvalue weighted by Crippen LogP contribution is 2.36. The van der Waals surface area contributed by atoms with Gasteiger partial charge < -0.3 is 5.32 Å². The molecule has 2 heterocycles. The molecule has 0 aliphatic carbocycles. The summed E-state index contributed by atoms with van der Waals surface area (Å²) in [5.41, 5.74) is -1.70.